The molecule has 1 aromatic rings. The minimum Gasteiger partial charge on any atom is -0.345 e. The van der Waals surface area contributed by atoms with Gasteiger partial charge in [0.15, 0.2) is 0 Å². The fourth-order valence-corrected chi connectivity index (χ4v) is 2.90. The van der Waals surface area contributed by atoms with E-state index in [2.05, 4.69) is 14.3 Å². The van der Waals surface area contributed by atoms with Crippen LogP contribution in [0, 0.1) is 6.92 Å². The molecule has 6 nitrogen and oxygen atoms in total. The Morgan fingerprint density at radius 2 is 2.05 bits per heavy atom. The van der Waals surface area contributed by atoms with Gasteiger partial charge in [-0.25, -0.2) is 4.98 Å². The first-order valence-electron chi connectivity index (χ1n) is 6.65. The van der Waals surface area contributed by atoms with Crippen molar-refractivity contribution in [2.75, 3.05) is 31.1 Å². The molecule has 0 aliphatic carbocycles. The van der Waals surface area contributed by atoms with E-state index in [1.54, 1.807) is 0 Å². The molecule has 21 heavy (non-hydrogen) atoms. The van der Waals surface area contributed by atoms with Gasteiger partial charge in [0.25, 0.3) is 0 Å². The molecule has 0 radical (unpaired) electrons. The Morgan fingerprint density at radius 1 is 1.33 bits per heavy atom. The number of nitrogens with zero attached hydrogens (tertiary/aromatic N) is 4. The highest BCUT2D eigenvalue weighted by molar-refractivity contribution is 7.09. The van der Waals surface area contributed by atoms with Gasteiger partial charge in [-0.05, 0) is 20.3 Å². The van der Waals surface area contributed by atoms with Gasteiger partial charge in [0.2, 0.25) is 11.0 Å². The van der Waals surface area contributed by atoms with E-state index >= 15 is 0 Å². The number of amides is 1. The second-order valence-corrected chi connectivity index (χ2v) is 5.76. The van der Waals surface area contributed by atoms with Crippen molar-refractivity contribution in [2.45, 2.75) is 32.7 Å². The second kappa shape index (κ2) is 9.40. The molecule has 1 amide bonds. The van der Waals surface area contributed by atoms with E-state index in [9.17, 15) is 4.79 Å². The van der Waals surface area contributed by atoms with Crippen LogP contribution in [0.25, 0.3) is 0 Å². The molecule has 2 heterocycles. The molecule has 9 heteroatoms. The van der Waals surface area contributed by atoms with Crippen LogP contribution in [-0.2, 0) is 4.79 Å². The van der Waals surface area contributed by atoms with E-state index in [0.29, 0.717) is 6.42 Å². The number of aromatic nitrogens is 2. The Kier molecular flexibility index (Phi) is 9.12. The Bertz CT molecular complexity index is 443. The molecule has 0 saturated carbocycles. The smallest absolute Gasteiger partial charge is 0.224 e. The summed E-state index contributed by atoms with van der Waals surface area (Å²) in [5.41, 5.74) is 5.69. The molecule has 1 saturated heterocycles. The van der Waals surface area contributed by atoms with Gasteiger partial charge in [0, 0.05) is 50.2 Å². The Labute approximate surface area is 142 Å². The molecule has 1 atom stereocenters. The van der Waals surface area contributed by atoms with Crippen molar-refractivity contribution in [1.82, 2.24) is 14.3 Å². The van der Waals surface area contributed by atoms with E-state index < -0.39 is 0 Å². The van der Waals surface area contributed by atoms with E-state index in [1.165, 1.54) is 11.5 Å². The first-order valence-corrected chi connectivity index (χ1v) is 7.42. The summed E-state index contributed by atoms with van der Waals surface area (Å²) < 4.78 is 4.21. The normalized spacial score (nSPS) is 16.5. The summed E-state index contributed by atoms with van der Waals surface area (Å²) in [6.45, 7) is 7.06. The van der Waals surface area contributed by atoms with Crippen LogP contribution in [0.15, 0.2) is 0 Å². The van der Waals surface area contributed by atoms with Gasteiger partial charge >= 0.3 is 0 Å². The maximum Gasteiger partial charge on any atom is 0.224 e. The largest absolute Gasteiger partial charge is 0.345 e. The quantitative estimate of drug-likeness (QED) is 0.888. The van der Waals surface area contributed by atoms with Gasteiger partial charge in [0.1, 0.15) is 5.82 Å². The lowest BCUT2D eigenvalue weighted by molar-refractivity contribution is -0.131. The van der Waals surface area contributed by atoms with Crippen LogP contribution in [0.1, 0.15) is 25.6 Å². The molecule has 0 aromatic carbocycles. The van der Waals surface area contributed by atoms with Crippen LogP contribution in [0.4, 0.5) is 5.13 Å². The van der Waals surface area contributed by atoms with Crippen molar-refractivity contribution in [1.29, 1.82) is 0 Å². The molecule has 0 spiro atoms. The lowest BCUT2D eigenvalue weighted by atomic mass is 10.2. The van der Waals surface area contributed by atoms with Crippen LogP contribution in [-0.4, -0.2) is 52.4 Å². The second-order valence-electron chi connectivity index (χ2n) is 5.03. The minimum atomic E-state index is -0.0716. The van der Waals surface area contributed by atoms with E-state index in [4.69, 9.17) is 5.73 Å². The summed E-state index contributed by atoms with van der Waals surface area (Å²) in [5, 5.41) is 0.957. The van der Waals surface area contributed by atoms with Gasteiger partial charge in [-0.2, -0.15) is 4.37 Å². The summed E-state index contributed by atoms with van der Waals surface area (Å²) in [7, 11) is 0. The zero-order valence-electron chi connectivity index (χ0n) is 12.3. The molecule has 1 aromatic heterocycles. The number of rotatable bonds is 3. The molecular formula is C12H23Cl2N5OS. The number of anilines is 1. The monoisotopic (exact) mass is 355 g/mol. The van der Waals surface area contributed by atoms with Gasteiger partial charge in [-0.3, -0.25) is 4.79 Å². The van der Waals surface area contributed by atoms with Gasteiger partial charge < -0.3 is 15.5 Å². The first kappa shape index (κ1) is 20.4. The highest BCUT2D eigenvalue weighted by Gasteiger charge is 2.21. The molecule has 1 aliphatic heterocycles. The number of hydrogen-bond donors (Lipinski definition) is 1. The van der Waals surface area contributed by atoms with Crippen molar-refractivity contribution in [3.8, 4) is 0 Å². The zero-order valence-corrected chi connectivity index (χ0v) is 14.8. The predicted molar refractivity (Wildman–Crippen MR) is 90.8 cm³/mol. The van der Waals surface area contributed by atoms with E-state index in [0.717, 1.165) is 43.6 Å². The fourth-order valence-electron chi connectivity index (χ4n) is 2.18. The minimum absolute atomic E-state index is 0. The maximum atomic E-state index is 12.0. The molecule has 2 rings (SSSR count). The van der Waals surface area contributed by atoms with Crippen molar-refractivity contribution < 1.29 is 4.79 Å². The third-order valence-corrected chi connectivity index (χ3v) is 4.00. The zero-order chi connectivity index (χ0) is 13.8. The first-order chi connectivity index (χ1) is 9.06. The van der Waals surface area contributed by atoms with Crippen molar-refractivity contribution in [2.24, 2.45) is 5.73 Å². The molecular weight excluding hydrogens is 333 g/mol. The van der Waals surface area contributed by atoms with Crippen LogP contribution in [0.2, 0.25) is 0 Å². The van der Waals surface area contributed by atoms with Crippen LogP contribution in [0.3, 0.4) is 0 Å². The Morgan fingerprint density at radius 3 is 2.62 bits per heavy atom. The van der Waals surface area contributed by atoms with E-state index in [1.807, 2.05) is 18.7 Å². The average Bonchev–Trinajstić information content (AvgIpc) is 2.64. The highest BCUT2D eigenvalue weighted by atomic mass is 35.5. The average molecular weight is 356 g/mol. The Balaban J connectivity index is 0.00000200. The maximum absolute atomic E-state index is 12.0. The number of halogens is 2. The van der Waals surface area contributed by atoms with E-state index in [-0.39, 0.29) is 36.8 Å². The van der Waals surface area contributed by atoms with Gasteiger partial charge in [-0.1, -0.05) is 0 Å². The van der Waals surface area contributed by atoms with Crippen LogP contribution < -0.4 is 10.6 Å². The van der Waals surface area contributed by atoms with Crippen molar-refractivity contribution in [3.05, 3.63) is 5.82 Å². The highest BCUT2D eigenvalue weighted by Crippen LogP contribution is 2.19. The summed E-state index contributed by atoms with van der Waals surface area (Å²) >= 11 is 1.43. The standard InChI is InChI=1S/C12H21N5OS.2ClH/c1-9(13)8-11(18)16-4-3-5-17(7-6-16)12-14-10(2)15-19-12;;/h9H,3-8,13H2,1-2H3;2*1H. The number of aryl methyl sites for hydroxylation is 1. The summed E-state index contributed by atoms with van der Waals surface area (Å²) in [5.74, 6) is 0.972. The van der Waals surface area contributed by atoms with Gasteiger partial charge in [-0.15, -0.1) is 24.8 Å². The number of nitrogens with two attached hydrogens (primary N) is 1. The third kappa shape index (κ3) is 5.94. The molecule has 1 aliphatic rings. The number of carbonyl (C=O) groups is 1. The molecule has 122 valence electrons. The summed E-state index contributed by atoms with van der Waals surface area (Å²) in [6.07, 6.45) is 1.39. The molecule has 2 N–H and O–H groups in total. The predicted octanol–water partition coefficient (Wildman–Crippen LogP) is 1.47. The number of carbonyl (C=O) groups excluding carboxylic acids is 1. The molecule has 0 bridgehead atoms. The lowest BCUT2D eigenvalue weighted by Crippen LogP contribution is -2.37. The van der Waals surface area contributed by atoms with Crippen molar-refractivity contribution >= 4 is 47.4 Å². The Hall–Kier alpha value is -0.630. The third-order valence-electron chi connectivity index (χ3n) is 3.13. The fraction of sp³-hybridized carbons (Fsp3) is 0.750. The molecule has 1 unspecified atom stereocenters. The van der Waals surface area contributed by atoms with Crippen molar-refractivity contribution in [3.63, 3.8) is 0 Å². The van der Waals surface area contributed by atoms with Crippen LogP contribution >= 0.6 is 36.3 Å². The SMILES string of the molecule is Cc1nsc(N2CCCN(C(=O)CC(C)N)CC2)n1.Cl.Cl. The lowest BCUT2D eigenvalue weighted by Gasteiger charge is -2.22. The number of hydrogen-bond acceptors (Lipinski definition) is 6. The van der Waals surface area contributed by atoms with Crippen LogP contribution in [0.5, 0.6) is 0 Å². The molecule has 1 fully saturated rings. The summed E-state index contributed by atoms with van der Waals surface area (Å²) in [4.78, 5) is 20.5. The summed E-state index contributed by atoms with van der Waals surface area (Å²) in [6, 6.07) is -0.0716. The van der Waals surface area contributed by atoms with Gasteiger partial charge in [0.05, 0.1) is 0 Å². The topological polar surface area (TPSA) is 75.4 Å².